The Hall–Kier alpha value is -1.30. The molecule has 0 heterocycles. The average Bonchev–Trinajstić information content (AvgIpc) is 2.47. The van der Waals surface area contributed by atoms with Crippen LogP contribution in [0.3, 0.4) is 0 Å². The second-order valence-electron chi connectivity index (χ2n) is 3.28. The maximum absolute atomic E-state index is 11.2. The molecule has 0 saturated heterocycles. The molecular weight excluding hydrogens is 276 g/mol. The van der Waals surface area contributed by atoms with Crippen molar-refractivity contribution in [2.75, 3.05) is 41.5 Å². The second kappa shape index (κ2) is 11.5. The topological polar surface area (TPSA) is 114 Å². The lowest BCUT2D eigenvalue weighted by Gasteiger charge is -2.14. The van der Waals surface area contributed by atoms with Crippen LogP contribution in [0.1, 0.15) is 0 Å². The monoisotopic (exact) mass is 296 g/mol. The molecule has 0 aliphatic heterocycles. The molecule has 0 aliphatic rings. The molecule has 0 aromatic carbocycles. The smallest absolute Gasteiger partial charge is 0.362 e. The third-order valence-electron chi connectivity index (χ3n) is 2.05. The molecule has 0 rings (SSSR count). The molecule has 10 heteroatoms. The number of hydrogen-bond acceptors (Lipinski definition) is 10. The van der Waals surface area contributed by atoms with E-state index in [0.717, 1.165) is 0 Å². The first kappa shape index (κ1) is 18.7. The largest absolute Gasteiger partial charge is 0.437 e. The first-order chi connectivity index (χ1) is 9.58. The van der Waals surface area contributed by atoms with Gasteiger partial charge in [-0.25, -0.2) is 9.59 Å². The maximum Gasteiger partial charge on any atom is 0.437 e. The highest BCUT2D eigenvalue weighted by atomic mass is 16.7. The molecular formula is C10H20N2O8. The first-order valence-corrected chi connectivity index (χ1v) is 5.57. The third kappa shape index (κ3) is 7.99. The number of methoxy groups -OCH3 is 4. The summed E-state index contributed by atoms with van der Waals surface area (Å²) < 4.78 is 19.3. The average molecular weight is 296 g/mol. The predicted octanol–water partition coefficient (Wildman–Crippen LogP) is -1.68. The van der Waals surface area contributed by atoms with E-state index in [0.29, 0.717) is 0 Å². The minimum atomic E-state index is -1.23. The summed E-state index contributed by atoms with van der Waals surface area (Å²) in [7, 11) is 5.66. The van der Waals surface area contributed by atoms with Gasteiger partial charge in [0.1, 0.15) is 0 Å². The van der Waals surface area contributed by atoms with E-state index in [1.165, 1.54) is 28.4 Å². The summed E-state index contributed by atoms with van der Waals surface area (Å²) in [4.78, 5) is 31.2. The normalized spacial score (nSPS) is 10.9. The molecule has 20 heavy (non-hydrogen) atoms. The third-order valence-corrected chi connectivity index (χ3v) is 2.05. The zero-order valence-corrected chi connectivity index (χ0v) is 11.8. The van der Waals surface area contributed by atoms with Crippen molar-refractivity contribution in [1.29, 1.82) is 0 Å². The van der Waals surface area contributed by atoms with Crippen molar-refractivity contribution < 1.29 is 38.2 Å². The number of hydrogen-bond donors (Lipinski definition) is 2. The van der Waals surface area contributed by atoms with Crippen molar-refractivity contribution in [3.63, 3.8) is 0 Å². The van der Waals surface area contributed by atoms with Gasteiger partial charge in [-0.2, -0.15) is 0 Å². The van der Waals surface area contributed by atoms with Crippen LogP contribution < -0.4 is 11.0 Å². The molecule has 0 spiro atoms. The number of ether oxygens (including phenoxy) is 4. The highest BCUT2D eigenvalue weighted by Gasteiger charge is 2.19. The van der Waals surface area contributed by atoms with Gasteiger partial charge in [0.15, 0.2) is 12.6 Å². The van der Waals surface area contributed by atoms with E-state index >= 15 is 0 Å². The maximum atomic E-state index is 11.2. The minimum Gasteiger partial charge on any atom is -0.362 e. The Kier molecular flexibility index (Phi) is 10.8. The highest BCUT2D eigenvalue weighted by Crippen LogP contribution is 1.90. The minimum absolute atomic E-state index is 0.0505. The van der Waals surface area contributed by atoms with Gasteiger partial charge in [-0.15, -0.1) is 11.0 Å². The van der Waals surface area contributed by atoms with Crippen LogP contribution >= 0.6 is 0 Å². The number of rotatable bonds is 10. The van der Waals surface area contributed by atoms with Crippen LogP contribution in [-0.4, -0.2) is 66.0 Å². The summed E-state index contributed by atoms with van der Waals surface area (Å²) in [6, 6.07) is 0. The van der Waals surface area contributed by atoms with Crippen LogP contribution in [0.15, 0.2) is 0 Å². The summed E-state index contributed by atoms with van der Waals surface area (Å²) in [5, 5.41) is 0. The summed E-state index contributed by atoms with van der Waals surface area (Å²) >= 11 is 0. The molecule has 0 bridgehead atoms. The van der Waals surface area contributed by atoms with Crippen LogP contribution in [0.25, 0.3) is 0 Å². The van der Waals surface area contributed by atoms with Crippen LogP contribution in [0.2, 0.25) is 0 Å². The van der Waals surface area contributed by atoms with Gasteiger partial charge in [0.25, 0.3) is 0 Å². The zero-order chi connectivity index (χ0) is 15.4. The Morgan fingerprint density at radius 3 is 1.30 bits per heavy atom. The molecule has 0 saturated carbocycles. The van der Waals surface area contributed by atoms with E-state index in [1.54, 1.807) is 0 Å². The summed E-state index contributed by atoms with van der Waals surface area (Å²) in [5.41, 5.74) is 4.42. The van der Waals surface area contributed by atoms with Crippen LogP contribution in [0.5, 0.6) is 0 Å². The van der Waals surface area contributed by atoms with Crippen molar-refractivity contribution in [2.24, 2.45) is 0 Å². The second-order valence-corrected chi connectivity index (χ2v) is 3.28. The number of carbonyl (C=O) groups excluding carboxylic acids is 2. The van der Waals surface area contributed by atoms with E-state index in [9.17, 15) is 9.59 Å². The molecule has 0 fully saturated rings. The van der Waals surface area contributed by atoms with E-state index in [2.05, 4.69) is 20.6 Å². The van der Waals surface area contributed by atoms with Crippen LogP contribution in [-0.2, 0) is 38.2 Å². The fraction of sp³-hybridized carbons (Fsp3) is 0.800. The van der Waals surface area contributed by atoms with Crippen molar-refractivity contribution in [3.05, 3.63) is 0 Å². The van der Waals surface area contributed by atoms with Crippen molar-refractivity contribution in [1.82, 2.24) is 11.0 Å². The van der Waals surface area contributed by atoms with Crippen LogP contribution in [0.4, 0.5) is 0 Å². The molecule has 118 valence electrons. The molecule has 10 nitrogen and oxygen atoms in total. The quantitative estimate of drug-likeness (QED) is 0.275. The standard InChI is InChI=1S/C10H20N2O8/c1-15-7(16-2)5-11-19-9(13)10(14)20-12-6-8(17-3)18-4/h7-8,11-12H,5-6H2,1-4H3. The molecule has 2 N–H and O–H groups in total. The molecule has 0 aromatic rings. The summed E-state index contributed by atoms with van der Waals surface area (Å²) in [5.74, 6) is -2.45. The van der Waals surface area contributed by atoms with E-state index in [1.807, 2.05) is 0 Å². The molecule has 0 aromatic heterocycles. The molecule has 0 atom stereocenters. The Bertz CT molecular complexity index is 252. The van der Waals surface area contributed by atoms with Crippen LogP contribution in [0, 0.1) is 0 Å². The van der Waals surface area contributed by atoms with Gasteiger partial charge in [-0.05, 0) is 0 Å². The molecule has 0 unspecified atom stereocenters. The summed E-state index contributed by atoms with van der Waals surface area (Å²) in [6.45, 7) is 0.101. The number of carbonyl (C=O) groups is 2. The van der Waals surface area contributed by atoms with Gasteiger partial charge >= 0.3 is 11.9 Å². The lowest BCUT2D eigenvalue weighted by molar-refractivity contribution is -0.182. The Labute approximate surface area is 116 Å². The zero-order valence-electron chi connectivity index (χ0n) is 11.8. The Balaban J connectivity index is 3.79. The predicted molar refractivity (Wildman–Crippen MR) is 63.8 cm³/mol. The van der Waals surface area contributed by atoms with E-state index < -0.39 is 24.5 Å². The van der Waals surface area contributed by atoms with Crippen molar-refractivity contribution in [2.45, 2.75) is 12.6 Å². The lowest BCUT2D eigenvalue weighted by atomic mass is 10.6. The number of hydroxylamine groups is 2. The Morgan fingerprint density at radius 2 is 1.05 bits per heavy atom. The molecule has 0 radical (unpaired) electrons. The van der Waals surface area contributed by atoms with Gasteiger partial charge < -0.3 is 28.6 Å². The first-order valence-electron chi connectivity index (χ1n) is 5.57. The number of nitrogens with one attached hydrogen (secondary N) is 2. The Morgan fingerprint density at radius 1 is 0.750 bits per heavy atom. The van der Waals surface area contributed by atoms with E-state index in [-0.39, 0.29) is 13.1 Å². The van der Waals surface area contributed by atoms with Gasteiger partial charge in [0.05, 0.1) is 13.1 Å². The lowest BCUT2D eigenvalue weighted by Crippen LogP contribution is -2.37. The fourth-order valence-corrected chi connectivity index (χ4v) is 0.960. The SMILES string of the molecule is COC(CNOC(=O)C(=O)ONCC(OC)OC)OC. The van der Waals surface area contributed by atoms with Gasteiger partial charge in [0.2, 0.25) is 0 Å². The molecule has 0 amide bonds. The highest BCUT2D eigenvalue weighted by molar-refractivity contribution is 6.29. The summed E-state index contributed by atoms with van der Waals surface area (Å²) in [6.07, 6.45) is -1.22. The van der Waals surface area contributed by atoms with E-state index in [4.69, 9.17) is 18.9 Å². The van der Waals surface area contributed by atoms with Gasteiger partial charge in [-0.1, -0.05) is 0 Å². The van der Waals surface area contributed by atoms with Gasteiger partial charge in [0, 0.05) is 28.4 Å². The van der Waals surface area contributed by atoms with Gasteiger partial charge in [-0.3, -0.25) is 0 Å². The molecule has 0 aliphatic carbocycles. The van der Waals surface area contributed by atoms with Crippen molar-refractivity contribution in [3.8, 4) is 0 Å². The fourth-order valence-electron chi connectivity index (χ4n) is 0.960. The van der Waals surface area contributed by atoms with Crippen molar-refractivity contribution >= 4 is 11.9 Å².